The van der Waals surface area contributed by atoms with Crippen molar-refractivity contribution in [3.63, 3.8) is 0 Å². The molecule has 0 aliphatic heterocycles. The van der Waals surface area contributed by atoms with Crippen LogP contribution in [0.3, 0.4) is 0 Å². The molecule has 15 heteroatoms. The second-order valence-electron chi connectivity index (χ2n) is 9.55. The Kier molecular flexibility index (Phi) is 10.2. The molecular formula is C27H26Cl2F4N4O4S. The molecule has 4 rings (SSSR count). The zero-order chi connectivity index (χ0) is 30.6. The molecule has 1 saturated carbocycles. The highest BCUT2D eigenvalue weighted by molar-refractivity contribution is 7.08. The number of carbonyl (C=O) groups is 2. The van der Waals surface area contributed by atoms with Gasteiger partial charge in [-0.2, -0.15) is 17.6 Å². The molecule has 1 aliphatic rings. The fourth-order valence-electron chi connectivity index (χ4n) is 4.70. The normalized spacial score (nSPS) is 14.9. The van der Waals surface area contributed by atoms with Gasteiger partial charge in [0.1, 0.15) is 16.7 Å². The zero-order valence-corrected chi connectivity index (χ0v) is 24.7. The Bertz CT molecular complexity index is 1420. The summed E-state index contributed by atoms with van der Waals surface area (Å²) in [5, 5.41) is 5.73. The van der Waals surface area contributed by atoms with E-state index < -0.39 is 46.2 Å². The van der Waals surface area contributed by atoms with E-state index in [1.54, 1.807) is 31.2 Å². The molecule has 8 nitrogen and oxygen atoms in total. The van der Waals surface area contributed by atoms with E-state index in [0.717, 1.165) is 60.7 Å². The van der Waals surface area contributed by atoms with Crippen LogP contribution in [0.2, 0.25) is 10.0 Å². The molecule has 226 valence electrons. The Labute approximate surface area is 253 Å². The van der Waals surface area contributed by atoms with E-state index in [1.165, 1.54) is 7.11 Å². The molecule has 1 fully saturated rings. The van der Waals surface area contributed by atoms with Crippen molar-refractivity contribution >= 4 is 52.2 Å². The summed E-state index contributed by atoms with van der Waals surface area (Å²) < 4.78 is 66.7. The Morgan fingerprint density at radius 2 is 1.76 bits per heavy atom. The van der Waals surface area contributed by atoms with Gasteiger partial charge in [-0.15, -0.1) is 5.10 Å². The molecule has 2 amide bonds. The third-order valence-electron chi connectivity index (χ3n) is 6.71. The Morgan fingerprint density at radius 1 is 1.12 bits per heavy atom. The van der Waals surface area contributed by atoms with E-state index >= 15 is 0 Å². The minimum Gasteiger partial charge on any atom is -0.496 e. The largest absolute Gasteiger partial charge is 0.496 e. The van der Waals surface area contributed by atoms with Gasteiger partial charge in [0.05, 0.1) is 22.8 Å². The summed E-state index contributed by atoms with van der Waals surface area (Å²) >= 11 is 13.2. The number of amides is 2. The van der Waals surface area contributed by atoms with Crippen molar-refractivity contribution in [2.45, 2.75) is 63.6 Å². The number of rotatable bonds is 10. The molecule has 42 heavy (non-hydrogen) atoms. The number of ether oxygens (including phenoxy) is 2. The molecule has 1 atom stereocenters. The van der Waals surface area contributed by atoms with Crippen LogP contribution >= 0.6 is 34.7 Å². The van der Waals surface area contributed by atoms with Crippen LogP contribution < -0.4 is 19.7 Å². The topological polar surface area (TPSA) is 93.7 Å². The van der Waals surface area contributed by atoms with Crippen LogP contribution in [0, 0.1) is 6.92 Å². The number of hydrogen-bond acceptors (Lipinski definition) is 7. The van der Waals surface area contributed by atoms with Gasteiger partial charge in [-0.05, 0) is 49.5 Å². The zero-order valence-electron chi connectivity index (χ0n) is 22.4. The minimum atomic E-state index is -4.89. The Hall–Kier alpha value is -3.16. The molecule has 1 heterocycles. The highest BCUT2D eigenvalue weighted by atomic mass is 35.5. The highest BCUT2D eigenvalue weighted by Crippen LogP contribution is 2.44. The number of anilines is 1. The summed E-state index contributed by atoms with van der Waals surface area (Å²) in [4.78, 5) is 29.4. The van der Waals surface area contributed by atoms with E-state index in [0.29, 0.717) is 5.56 Å². The lowest BCUT2D eigenvalue weighted by Crippen LogP contribution is -2.47. The second kappa shape index (κ2) is 13.4. The van der Waals surface area contributed by atoms with Crippen molar-refractivity contribution < 1.29 is 36.6 Å². The third-order valence-corrected chi connectivity index (χ3v) is 8.09. The summed E-state index contributed by atoms with van der Waals surface area (Å²) in [6.45, 7) is 1.55. The van der Waals surface area contributed by atoms with Crippen LogP contribution in [0.15, 0.2) is 36.4 Å². The average Bonchev–Trinajstić information content (AvgIpc) is 3.39. The smallest absolute Gasteiger partial charge is 0.461 e. The number of hydrogen-bond donors (Lipinski definition) is 1. The van der Waals surface area contributed by atoms with E-state index in [1.807, 2.05) is 0 Å². The van der Waals surface area contributed by atoms with Gasteiger partial charge in [-0.3, -0.25) is 14.5 Å². The maximum Gasteiger partial charge on any atom is 0.461 e. The number of alkyl halides is 4. The number of carbonyl (C=O) groups excluding carboxylic acids is 2. The number of para-hydroxylation sites is 1. The number of methoxy groups -OCH3 is 1. The molecule has 0 radical (unpaired) electrons. The Morgan fingerprint density at radius 3 is 2.33 bits per heavy atom. The van der Waals surface area contributed by atoms with Gasteiger partial charge < -0.3 is 14.8 Å². The molecule has 1 unspecified atom stereocenters. The first-order chi connectivity index (χ1) is 19.9. The van der Waals surface area contributed by atoms with Crippen molar-refractivity contribution in [3.8, 4) is 11.5 Å². The number of benzene rings is 2. The first-order valence-corrected chi connectivity index (χ1v) is 14.4. The molecule has 0 spiro atoms. The Balaban J connectivity index is 1.89. The predicted molar refractivity (Wildman–Crippen MR) is 150 cm³/mol. The summed E-state index contributed by atoms with van der Waals surface area (Å²) in [5.74, 6) is -1.91. The SMILES string of the molecule is COc1ccccc1C(C(=O)NC1CCCCC1)N(C(=O)c1snnc1C)c1cc(Cl)c(OC(F)(F)C(F)F)c(Cl)c1. The van der Waals surface area contributed by atoms with Crippen LogP contribution in [0.4, 0.5) is 23.2 Å². The van der Waals surface area contributed by atoms with Gasteiger partial charge >= 0.3 is 12.5 Å². The van der Waals surface area contributed by atoms with Crippen molar-refractivity contribution in [1.29, 1.82) is 0 Å². The lowest BCUT2D eigenvalue weighted by atomic mass is 9.94. The fraction of sp³-hybridized carbons (Fsp3) is 0.407. The lowest BCUT2D eigenvalue weighted by Gasteiger charge is -2.34. The summed E-state index contributed by atoms with van der Waals surface area (Å²) in [7, 11) is 1.40. The number of nitrogens with zero attached hydrogens (tertiary/aromatic N) is 3. The molecule has 0 saturated heterocycles. The monoisotopic (exact) mass is 648 g/mol. The van der Waals surface area contributed by atoms with E-state index in [-0.39, 0.29) is 28.0 Å². The van der Waals surface area contributed by atoms with Crippen molar-refractivity contribution in [1.82, 2.24) is 14.9 Å². The maximum absolute atomic E-state index is 14.2. The summed E-state index contributed by atoms with van der Waals surface area (Å²) in [6.07, 6.45) is -4.67. The van der Waals surface area contributed by atoms with Gasteiger partial charge in [0.25, 0.3) is 5.91 Å². The van der Waals surface area contributed by atoms with Gasteiger partial charge in [0.15, 0.2) is 5.75 Å². The van der Waals surface area contributed by atoms with E-state index in [2.05, 4.69) is 19.6 Å². The van der Waals surface area contributed by atoms with Crippen molar-refractivity contribution in [3.05, 3.63) is 62.6 Å². The standard InChI is InChI=1S/C27H26Cl2F4N4O4S/c1-14-23(42-36-35-14)25(39)37(16-12-18(28)22(19(29)13-16)41-27(32,33)26(30)31)21(17-10-6-7-11-20(17)40-2)24(38)34-15-8-4-3-5-9-15/h6-7,10-13,15,21,26H,3-5,8-9H2,1-2H3,(H,34,38). The van der Waals surface area contributed by atoms with Crippen LogP contribution in [0.5, 0.6) is 11.5 Å². The van der Waals surface area contributed by atoms with Gasteiger partial charge in [-0.25, -0.2) is 0 Å². The van der Waals surface area contributed by atoms with Gasteiger partial charge in [0.2, 0.25) is 5.91 Å². The molecule has 3 aromatic rings. The molecule has 1 N–H and O–H groups in total. The first kappa shape index (κ1) is 31.8. The van der Waals surface area contributed by atoms with Crippen LogP contribution in [0.1, 0.15) is 59.1 Å². The predicted octanol–water partition coefficient (Wildman–Crippen LogP) is 7.24. The number of halogens is 6. The number of nitrogens with one attached hydrogen (secondary N) is 1. The maximum atomic E-state index is 14.2. The minimum absolute atomic E-state index is 0.0807. The van der Waals surface area contributed by atoms with Gasteiger partial charge in [0, 0.05) is 17.3 Å². The summed E-state index contributed by atoms with van der Waals surface area (Å²) in [6, 6.07) is 7.10. The number of aryl methyl sites for hydroxylation is 1. The second-order valence-corrected chi connectivity index (χ2v) is 11.1. The summed E-state index contributed by atoms with van der Waals surface area (Å²) in [5.41, 5.74) is 0.467. The average molecular weight is 649 g/mol. The quantitative estimate of drug-likeness (QED) is 0.233. The number of aromatic nitrogens is 2. The molecule has 0 bridgehead atoms. The first-order valence-electron chi connectivity index (χ1n) is 12.8. The van der Waals surface area contributed by atoms with Crippen LogP contribution in [-0.2, 0) is 4.79 Å². The third kappa shape index (κ3) is 6.90. The van der Waals surface area contributed by atoms with E-state index in [4.69, 9.17) is 27.9 Å². The van der Waals surface area contributed by atoms with Crippen molar-refractivity contribution in [2.24, 2.45) is 0 Å². The fourth-order valence-corrected chi connectivity index (χ4v) is 5.85. The van der Waals surface area contributed by atoms with Crippen LogP contribution in [-0.4, -0.2) is 47.1 Å². The lowest BCUT2D eigenvalue weighted by molar-refractivity contribution is -0.253. The molecular weight excluding hydrogens is 623 g/mol. The van der Waals surface area contributed by atoms with Crippen LogP contribution in [0.25, 0.3) is 0 Å². The highest BCUT2D eigenvalue weighted by Gasteiger charge is 2.45. The molecule has 2 aromatic carbocycles. The molecule has 1 aliphatic carbocycles. The van der Waals surface area contributed by atoms with E-state index in [9.17, 15) is 27.2 Å². The van der Waals surface area contributed by atoms with Gasteiger partial charge in [-0.1, -0.05) is 65.2 Å². The van der Waals surface area contributed by atoms with Crippen molar-refractivity contribution in [2.75, 3.05) is 12.0 Å². The molecule has 1 aromatic heterocycles.